The molecule has 0 aliphatic rings. The smallest absolute Gasteiger partial charge is 0.250 e. The van der Waals surface area contributed by atoms with Crippen LogP contribution in [0.2, 0.25) is 0 Å². The van der Waals surface area contributed by atoms with Crippen LogP contribution in [0.3, 0.4) is 0 Å². The molecule has 4 nitrogen and oxygen atoms in total. The SMILES string of the molecule is CC(C)CNC(=O)Cn1ccccc1=O. The van der Waals surface area contributed by atoms with E-state index >= 15 is 0 Å². The van der Waals surface area contributed by atoms with Gasteiger partial charge in [-0.3, -0.25) is 9.59 Å². The fourth-order valence-corrected chi connectivity index (χ4v) is 1.12. The van der Waals surface area contributed by atoms with Gasteiger partial charge < -0.3 is 9.88 Å². The molecule has 1 amide bonds. The maximum atomic E-state index is 11.4. The van der Waals surface area contributed by atoms with Crippen molar-refractivity contribution in [1.82, 2.24) is 9.88 Å². The summed E-state index contributed by atoms with van der Waals surface area (Å²) in [7, 11) is 0. The van der Waals surface area contributed by atoms with Crippen LogP contribution in [0.25, 0.3) is 0 Å². The van der Waals surface area contributed by atoms with E-state index in [9.17, 15) is 9.59 Å². The standard InChI is InChI=1S/C11H16N2O2/c1-9(2)7-12-10(14)8-13-6-4-3-5-11(13)15/h3-6,9H,7-8H2,1-2H3,(H,12,14). The number of hydrogen-bond donors (Lipinski definition) is 1. The van der Waals surface area contributed by atoms with Crippen molar-refractivity contribution in [1.29, 1.82) is 0 Å². The van der Waals surface area contributed by atoms with Gasteiger partial charge in [0.05, 0.1) is 0 Å². The maximum Gasteiger partial charge on any atom is 0.250 e. The van der Waals surface area contributed by atoms with Crippen LogP contribution in [0.5, 0.6) is 0 Å². The zero-order valence-corrected chi connectivity index (χ0v) is 9.06. The molecule has 1 N–H and O–H groups in total. The molecule has 15 heavy (non-hydrogen) atoms. The number of rotatable bonds is 4. The molecule has 0 saturated heterocycles. The zero-order valence-electron chi connectivity index (χ0n) is 9.06. The van der Waals surface area contributed by atoms with Gasteiger partial charge in [0.2, 0.25) is 5.91 Å². The highest BCUT2D eigenvalue weighted by Crippen LogP contribution is 1.88. The predicted octanol–water partition coefficient (Wildman–Crippen LogP) is 0.620. The highest BCUT2D eigenvalue weighted by molar-refractivity contribution is 5.75. The van der Waals surface area contributed by atoms with E-state index in [2.05, 4.69) is 5.32 Å². The molecule has 0 radical (unpaired) electrons. The van der Waals surface area contributed by atoms with E-state index in [0.29, 0.717) is 12.5 Å². The van der Waals surface area contributed by atoms with Gasteiger partial charge in [-0.1, -0.05) is 19.9 Å². The van der Waals surface area contributed by atoms with Gasteiger partial charge in [-0.05, 0) is 12.0 Å². The molecule has 1 rings (SSSR count). The minimum absolute atomic E-state index is 0.0897. The van der Waals surface area contributed by atoms with Crippen molar-refractivity contribution in [2.75, 3.05) is 6.54 Å². The van der Waals surface area contributed by atoms with E-state index in [0.717, 1.165) is 0 Å². The number of nitrogens with one attached hydrogen (secondary N) is 1. The van der Waals surface area contributed by atoms with Crippen molar-refractivity contribution in [3.8, 4) is 0 Å². The first-order valence-corrected chi connectivity index (χ1v) is 5.02. The Labute approximate surface area is 88.9 Å². The van der Waals surface area contributed by atoms with Crippen molar-refractivity contribution in [2.45, 2.75) is 20.4 Å². The highest BCUT2D eigenvalue weighted by Gasteiger charge is 2.03. The third kappa shape index (κ3) is 3.97. The summed E-state index contributed by atoms with van der Waals surface area (Å²) in [5.74, 6) is 0.290. The van der Waals surface area contributed by atoms with Crippen LogP contribution in [0, 0.1) is 5.92 Å². The first-order chi connectivity index (χ1) is 7.09. The molecule has 1 aromatic heterocycles. The second-order valence-electron chi connectivity index (χ2n) is 3.86. The fourth-order valence-electron chi connectivity index (χ4n) is 1.12. The van der Waals surface area contributed by atoms with Gasteiger partial charge in [0.1, 0.15) is 6.54 Å². The Bertz CT molecular complexity index is 382. The third-order valence-electron chi connectivity index (χ3n) is 1.92. The highest BCUT2D eigenvalue weighted by atomic mass is 16.2. The number of aromatic nitrogens is 1. The third-order valence-corrected chi connectivity index (χ3v) is 1.92. The van der Waals surface area contributed by atoms with E-state index in [4.69, 9.17) is 0 Å². The molecule has 4 heteroatoms. The first kappa shape index (κ1) is 11.5. The van der Waals surface area contributed by atoms with Crippen LogP contribution < -0.4 is 10.9 Å². The van der Waals surface area contributed by atoms with Crippen LogP contribution in [0.15, 0.2) is 29.2 Å². The van der Waals surface area contributed by atoms with Crippen molar-refractivity contribution < 1.29 is 4.79 Å². The number of carbonyl (C=O) groups is 1. The maximum absolute atomic E-state index is 11.4. The summed E-state index contributed by atoms with van der Waals surface area (Å²) in [6.45, 7) is 4.77. The Morgan fingerprint density at radius 3 is 2.80 bits per heavy atom. The molecule has 0 spiro atoms. The lowest BCUT2D eigenvalue weighted by Gasteiger charge is -2.08. The minimum Gasteiger partial charge on any atom is -0.354 e. The lowest BCUT2D eigenvalue weighted by Crippen LogP contribution is -2.33. The van der Waals surface area contributed by atoms with E-state index in [1.807, 2.05) is 13.8 Å². The predicted molar refractivity (Wildman–Crippen MR) is 58.5 cm³/mol. The normalized spacial score (nSPS) is 10.3. The summed E-state index contributed by atoms with van der Waals surface area (Å²) in [6.07, 6.45) is 1.61. The Morgan fingerprint density at radius 2 is 2.20 bits per heavy atom. The van der Waals surface area contributed by atoms with Gasteiger partial charge in [0, 0.05) is 18.8 Å². The van der Waals surface area contributed by atoms with Gasteiger partial charge in [-0.15, -0.1) is 0 Å². The molecule has 0 unspecified atom stereocenters. The Hall–Kier alpha value is -1.58. The number of pyridine rings is 1. The quantitative estimate of drug-likeness (QED) is 0.788. The van der Waals surface area contributed by atoms with Crippen molar-refractivity contribution in [3.63, 3.8) is 0 Å². The molecule has 82 valence electrons. The van der Waals surface area contributed by atoms with Gasteiger partial charge >= 0.3 is 0 Å². The molecular formula is C11H16N2O2. The first-order valence-electron chi connectivity index (χ1n) is 5.02. The monoisotopic (exact) mass is 208 g/mol. The Kier molecular flexibility index (Phi) is 4.09. The topological polar surface area (TPSA) is 51.1 Å². The van der Waals surface area contributed by atoms with Gasteiger partial charge in [0.15, 0.2) is 0 Å². The number of nitrogens with zero attached hydrogens (tertiary/aromatic N) is 1. The van der Waals surface area contributed by atoms with Crippen LogP contribution in [0.4, 0.5) is 0 Å². The van der Waals surface area contributed by atoms with Crippen molar-refractivity contribution in [2.24, 2.45) is 5.92 Å². The van der Waals surface area contributed by atoms with Crippen LogP contribution >= 0.6 is 0 Å². The molecule has 0 bridgehead atoms. The molecule has 0 fully saturated rings. The fraction of sp³-hybridized carbons (Fsp3) is 0.455. The van der Waals surface area contributed by atoms with Crippen molar-refractivity contribution in [3.05, 3.63) is 34.7 Å². The van der Waals surface area contributed by atoms with Crippen LogP contribution in [-0.4, -0.2) is 17.0 Å². The molecule has 1 heterocycles. The van der Waals surface area contributed by atoms with Crippen LogP contribution in [-0.2, 0) is 11.3 Å². The van der Waals surface area contributed by atoms with Crippen molar-refractivity contribution >= 4 is 5.91 Å². The second-order valence-corrected chi connectivity index (χ2v) is 3.86. The number of amides is 1. The van der Waals surface area contributed by atoms with Gasteiger partial charge in [-0.2, -0.15) is 0 Å². The Balaban J connectivity index is 2.52. The largest absolute Gasteiger partial charge is 0.354 e. The van der Waals surface area contributed by atoms with E-state index in [1.165, 1.54) is 10.6 Å². The second kappa shape index (κ2) is 5.34. The number of carbonyl (C=O) groups excluding carboxylic acids is 1. The molecule has 0 aliphatic carbocycles. The van der Waals surface area contributed by atoms with E-state index in [1.54, 1.807) is 18.3 Å². The molecule has 0 atom stereocenters. The van der Waals surface area contributed by atoms with E-state index in [-0.39, 0.29) is 18.0 Å². The summed E-state index contributed by atoms with van der Waals surface area (Å²) < 4.78 is 1.38. The molecule has 0 aromatic carbocycles. The van der Waals surface area contributed by atoms with E-state index < -0.39 is 0 Å². The lowest BCUT2D eigenvalue weighted by atomic mass is 10.2. The average molecular weight is 208 g/mol. The van der Waals surface area contributed by atoms with Gasteiger partial charge in [0.25, 0.3) is 5.56 Å². The summed E-state index contributed by atoms with van der Waals surface area (Å²) in [5, 5.41) is 2.76. The lowest BCUT2D eigenvalue weighted by molar-refractivity contribution is -0.121. The molecule has 0 aliphatic heterocycles. The summed E-state index contributed by atoms with van der Waals surface area (Å²) in [5.41, 5.74) is -0.155. The number of hydrogen-bond acceptors (Lipinski definition) is 2. The minimum atomic E-state index is -0.155. The zero-order chi connectivity index (χ0) is 11.3. The molecular weight excluding hydrogens is 192 g/mol. The molecule has 0 saturated carbocycles. The summed E-state index contributed by atoms with van der Waals surface area (Å²) >= 11 is 0. The average Bonchev–Trinajstić information content (AvgIpc) is 2.18. The molecule has 1 aromatic rings. The summed E-state index contributed by atoms with van der Waals surface area (Å²) in [4.78, 5) is 22.7. The van der Waals surface area contributed by atoms with Crippen LogP contribution in [0.1, 0.15) is 13.8 Å². The summed E-state index contributed by atoms with van der Waals surface area (Å²) in [6, 6.07) is 4.83. The van der Waals surface area contributed by atoms with Gasteiger partial charge in [-0.25, -0.2) is 0 Å². The Morgan fingerprint density at radius 1 is 1.47 bits per heavy atom.